The third kappa shape index (κ3) is 8.20. The van der Waals surface area contributed by atoms with E-state index in [-0.39, 0.29) is 0 Å². The van der Waals surface area contributed by atoms with E-state index in [0.29, 0.717) is 12.3 Å². The van der Waals surface area contributed by atoms with Crippen LogP contribution < -0.4 is 5.73 Å². The highest BCUT2D eigenvalue weighted by Gasteiger charge is 2.03. The summed E-state index contributed by atoms with van der Waals surface area (Å²) in [4.78, 5) is 2.26. The third-order valence-corrected chi connectivity index (χ3v) is 2.23. The third-order valence-electron chi connectivity index (χ3n) is 2.23. The van der Waals surface area contributed by atoms with Gasteiger partial charge < -0.3 is 20.6 Å². The molecule has 0 aromatic rings. The molecule has 0 saturated heterocycles. The zero-order valence-electron chi connectivity index (χ0n) is 9.78. The molecule has 0 amide bonds. The Labute approximate surface area is 91.9 Å². The van der Waals surface area contributed by atoms with Gasteiger partial charge in [-0.2, -0.15) is 0 Å². The lowest BCUT2D eigenvalue weighted by atomic mass is 10.3. The van der Waals surface area contributed by atoms with Gasteiger partial charge in [0.05, 0.1) is 0 Å². The minimum atomic E-state index is 0.290. The Kier molecular flexibility index (Phi) is 9.21. The number of nitrogens with two attached hydrogens (primary N) is 1. The smallest absolute Gasteiger partial charge is 0.140 e. The molecule has 0 radical (unpaired) electrons. The van der Waals surface area contributed by atoms with E-state index >= 15 is 0 Å². The van der Waals surface area contributed by atoms with Crippen LogP contribution >= 0.6 is 0 Å². The molecule has 5 heteroatoms. The summed E-state index contributed by atoms with van der Waals surface area (Å²) in [7, 11) is 0. The van der Waals surface area contributed by atoms with Gasteiger partial charge in [-0.3, -0.25) is 0 Å². The first-order valence-electron chi connectivity index (χ1n) is 5.51. The molecule has 0 saturated carbocycles. The van der Waals surface area contributed by atoms with Gasteiger partial charge in [-0.05, 0) is 19.9 Å². The summed E-state index contributed by atoms with van der Waals surface area (Å²) in [5.41, 5.74) is 5.40. The highest BCUT2D eigenvalue weighted by molar-refractivity contribution is 5.79. The van der Waals surface area contributed by atoms with Crippen molar-refractivity contribution < 1.29 is 9.94 Å². The van der Waals surface area contributed by atoms with Gasteiger partial charge in [0.15, 0.2) is 0 Å². The Bertz CT molecular complexity index is 174. The van der Waals surface area contributed by atoms with Crippen LogP contribution in [0.1, 0.15) is 26.7 Å². The summed E-state index contributed by atoms with van der Waals surface area (Å²) in [6.45, 7) is 8.48. The van der Waals surface area contributed by atoms with Crippen LogP contribution in [0, 0.1) is 0 Å². The molecule has 0 aromatic carbocycles. The molecule has 3 N–H and O–H groups in total. The van der Waals surface area contributed by atoms with Crippen molar-refractivity contribution in [2.24, 2.45) is 10.9 Å². The first-order chi connectivity index (χ1) is 7.24. The monoisotopic (exact) mass is 217 g/mol. The molecule has 0 atom stereocenters. The lowest BCUT2D eigenvalue weighted by Gasteiger charge is -2.19. The second-order valence-corrected chi connectivity index (χ2v) is 3.33. The Morgan fingerprint density at radius 2 is 2.13 bits per heavy atom. The van der Waals surface area contributed by atoms with Gasteiger partial charge >= 0.3 is 0 Å². The molecule has 0 aliphatic carbocycles. The quantitative estimate of drug-likeness (QED) is 0.198. The molecule has 0 aliphatic heterocycles. The van der Waals surface area contributed by atoms with Crippen LogP contribution in [-0.4, -0.2) is 48.8 Å². The largest absolute Gasteiger partial charge is 0.409 e. The number of hydrogen-bond acceptors (Lipinski definition) is 4. The van der Waals surface area contributed by atoms with E-state index in [4.69, 9.17) is 15.7 Å². The van der Waals surface area contributed by atoms with E-state index in [2.05, 4.69) is 17.0 Å². The molecule has 5 nitrogen and oxygen atoms in total. The van der Waals surface area contributed by atoms with E-state index in [9.17, 15) is 0 Å². The van der Waals surface area contributed by atoms with Crippen LogP contribution in [0.2, 0.25) is 0 Å². The maximum atomic E-state index is 8.39. The Balaban J connectivity index is 3.55. The predicted molar refractivity (Wildman–Crippen MR) is 61.2 cm³/mol. The zero-order valence-corrected chi connectivity index (χ0v) is 9.78. The van der Waals surface area contributed by atoms with Crippen LogP contribution in [0.5, 0.6) is 0 Å². The van der Waals surface area contributed by atoms with E-state index in [1.165, 1.54) is 0 Å². The van der Waals surface area contributed by atoms with Crippen LogP contribution in [0.25, 0.3) is 0 Å². The number of nitrogens with zero attached hydrogens (tertiary/aromatic N) is 2. The van der Waals surface area contributed by atoms with Gasteiger partial charge in [-0.15, -0.1) is 0 Å². The van der Waals surface area contributed by atoms with Crippen LogP contribution in [0.15, 0.2) is 5.16 Å². The van der Waals surface area contributed by atoms with Crippen molar-refractivity contribution in [3.8, 4) is 0 Å². The number of ether oxygens (including phenoxy) is 1. The summed E-state index contributed by atoms with van der Waals surface area (Å²) in [5, 5.41) is 11.3. The average molecular weight is 217 g/mol. The summed E-state index contributed by atoms with van der Waals surface area (Å²) in [5.74, 6) is 0.290. The normalized spacial score (nSPS) is 12.3. The summed E-state index contributed by atoms with van der Waals surface area (Å²) in [6, 6.07) is 0. The van der Waals surface area contributed by atoms with Crippen molar-refractivity contribution >= 4 is 5.84 Å². The Morgan fingerprint density at radius 1 is 1.40 bits per heavy atom. The fourth-order valence-electron chi connectivity index (χ4n) is 1.29. The maximum absolute atomic E-state index is 8.39. The topological polar surface area (TPSA) is 71.1 Å². The fraction of sp³-hybridized carbons (Fsp3) is 0.900. The van der Waals surface area contributed by atoms with Gasteiger partial charge in [0.1, 0.15) is 5.84 Å². The fourth-order valence-corrected chi connectivity index (χ4v) is 1.29. The van der Waals surface area contributed by atoms with Crippen molar-refractivity contribution in [3.63, 3.8) is 0 Å². The van der Waals surface area contributed by atoms with Gasteiger partial charge in [0.2, 0.25) is 0 Å². The second-order valence-electron chi connectivity index (χ2n) is 3.33. The molecular weight excluding hydrogens is 194 g/mol. The zero-order chi connectivity index (χ0) is 11.5. The highest BCUT2D eigenvalue weighted by atomic mass is 16.5. The summed E-state index contributed by atoms with van der Waals surface area (Å²) < 4.78 is 5.26. The van der Waals surface area contributed by atoms with Gasteiger partial charge in [0, 0.05) is 32.7 Å². The maximum Gasteiger partial charge on any atom is 0.140 e. The lowest BCUT2D eigenvalue weighted by molar-refractivity contribution is 0.133. The van der Waals surface area contributed by atoms with E-state index in [1.54, 1.807) is 0 Å². The molecule has 0 fully saturated rings. The molecule has 0 aromatic heterocycles. The molecule has 0 aliphatic rings. The SMILES string of the molecule is CCOCCCN(CC)CCC(N)=NO. The summed E-state index contributed by atoms with van der Waals surface area (Å²) in [6.07, 6.45) is 1.64. The molecule has 0 heterocycles. The molecule has 0 bridgehead atoms. The minimum Gasteiger partial charge on any atom is -0.409 e. The van der Waals surface area contributed by atoms with Gasteiger partial charge in [0.25, 0.3) is 0 Å². The predicted octanol–water partition coefficient (Wildman–Crippen LogP) is 0.871. The molecule has 0 unspecified atom stereocenters. The molecule has 15 heavy (non-hydrogen) atoms. The molecule has 0 spiro atoms. The van der Waals surface area contributed by atoms with Crippen molar-refractivity contribution in [2.75, 3.05) is 32.8 Å². The van der Waals surface area contributed by atoms with Crippen LogP contribution in [0.3, 0.4) is 0 Å². The van der Waals surface area contributed by atoms with Gasteiger partial charge in [-0.25, -0.2) is 0 Å². The standard InChI is InChI=1S/C10H23N3O2/c1-3-13(7-5-9-15-4-2)8-6-10(11)12-14/h14H,3-9H2,1-2H3,(H2,11,12). The first kappa shape index (κ1) is 14.2. The molecule has 90 valence electrons. The van der Waals surface area contributed by atoms with Crippen molar-refractivity contribution in [1.82, 2.24) is 4.90 Å². The Morgan fingerprint density at radius 3 is 2.67 bits per heavy atom. The highest BCUT2D eigenvalue weighted by Crippen LogP contribution is 1.94. The number of rotatable bonds is 9. The Hall–Kier alpha value is -0.810. The van der Waals surface area contributed by atoms with E-state index in [1.807, 2.05) is 6.92 Å². The second kappa shape index (κ2) is 9.73. The first-order valence-corrected chi connectivity index (χ1v) is 5.51. The summed E-state index contributed by atoms with van der Waals surface area (Å²) >= 11 is 0. The number of hydrogen-bond donors (Lipinski definition) is 2. The van der Waals surface area contributed by atoms with Crippen molar-refractivity contribution in [1.29, 1.82) is 0 Å². The van der Waals surface area contributed by atoms with Crippen molar-refractivity contribution in [3.05, 3.63) is 0 Å². The van der Waals surface area contributed by atoms with Crippen LogP contribution in [0.4, 0.5) is 0 Å². The van der Waals surface area contributed by atoms with Crippen molar-refractivity contribution in [2.45, 2.75) is 26.7 Å². The van der Waals surface area contributed by atoms with E-state index in [0.717, 1.165) is 39.3 Å². The molecule has 0 rings (SSSR count). The average Bonchev–Trinajstić information content (AvgIpc) is 2.27. The van der Waals surface area contributed by atoms with Crippen LogP contribution in [-0.2, 0) is 4.74 Å². The van der Waals surface area contributed by atoms with E-state index < -0.39 is 0 Å². The lowest BCUT2D eigenvalue weighted by Crippen LogP contribution is -2.29. The number of oxime groups is 1. The van der Waals surface area contributed by atoms with Gasteiger partial charge in [-0.1, -0.05) is 12.1 Å². The number of amidine groups is 1. The minimum absolute atomic E-state index is 0.290. The molecular formula is C10H23N3O2.